The predicted molar refractivity (Wildman–Crippen MR) is 87.5 cm³/mol. The Morgan fingerprint density at radius 3 is 2.78 bits per heavy atom. The summed E-state index contributed by atoms with van der Waals surface area (Å²) in [5.74, 6) is -0.939. The first kappa shape index (κ1) is 17.6. The number of carbonyl (C=O) groups excluding carboxylic acids is 2. The minimum atomic E-state index is -0.475. The quantitative estimate of drug-likeness (QED) is 0.792. The second-order valence-corrected chi connectivity index (χ2v) is 6.43. The highest BCUT2D eigenvalue weighted by Gasteiger charge is 2.26. The molecule has 3 unspecified atom stereocenters. The molecular weight excluding hydrogens is 295 g/mol. The van der Waals surface area contributed by atoms with E-state index in [1.54, 1.807) is 13.0 Å². The van der Waals surface area contributed by atoms with Crippen molar-refractivity contribution in [2.24, 2.45) is 17.6 Å². The maximum atomic E-state index is 13.2. The van der Waals surface area contributed by atoms with Crippen LogP contribution in [0, 0.1) is 17.7 Å². The van der Waals surface area contributed by atoms with Gasteiger partial charge in [-0.2, -0.15) is 0 Å². The lowest BCUT2D eigenvalue weighted by Gasteiger charge is -2.31. The zero-order valence-corrected chi connectivity index (χ0v) is 13.6. The van der Waals surface area contributed by atoms with Gasteiger partial charge in [0.15, 0.2) is 5.78 Å². The van der Waals surface area contributed by atoms with Gasteiger partial charge in [0.25, 0.3) is 0 Å². The van der Waals surface area contributed by atoms with Crippen molar-refractivity contribution in [2.45, 2.75) is 45.1 Å². The molecule has 1 aromatic carbocycles. The summed E-state index contributed by atoms with van der Waals surface area (Å²) in [4.78, 5) is 24.5. The fourth-order valence-electron chi connectivity index (χ4n) is 3.24. The predicted octanol–water partition coefficient (Wildman–Crippen LogP) is 2.67. The van der Waals surface area contributed by atoms with E-state index in [0.29, 0.717) is 18.0 Å². The van der Waals surface area contributed by atoms with Crippen LogP contribution in [0.1, 0.15) is 49.4 Å². The number of amides is 1. The van der Waals surface area contributed by atoms with Crippen molar-refractivity contribution in [3.05, 3.63) is 35.6 Å². The fourth-order valence-corrected chi connectivity index (χ4v) is 3.24. The van der Waals surface area contributed by atoms with Gasteiger partial charge < -0.3 is 11.1 Å². The van der Waals surface area contributed by atoms with Crippen molar-refractivity contribution in [1.82, 2.24) is 5.32 Å². The number of hydrogen-bond acceptors (Lipinski definition) is 3. The third-order valence-electron chi connectivity index (χ3n) is 4.61. The van der Waals surface area contributed by atoms with Gasteiger partial charge in [-0.15, -0.1) is 0 Å². The molecular formula is C18H25FN2O2. The molecule has 1 saturated carbocycles. The van der Waals surface area contributed by atoms with Crippen LogP contribution in [0.25, 0.3) is 0 Å². The molecule has 5 heteroatoms. The number of Topliss-reactive ketones (excluding diaryl/α,β-unsaturated/α-hetero) is 1. The van der Waals surface area contributed by atoms with Gasteiger partial charge in [0.2, 0.25) is 5.91 Å². The molecule has 0 saturated heterocycles. The average molecular weight is 320 g/mol. The Morgan fingerprint density at radius 2 is 2.09 bits per heavy atom. The zero-order valence-electron chi connectivity index (χ0n) is 13.6. The Morgan fingerprint density at radius 1 is 1.35 bits per heavy atom. The van der Waals surface area contributed by atoms with E-state index in [9.17, 15) is 14.0 Å². The molecule has 3 N–H and O–H groups in total. The molecule has 4 nitrogen and oxygen atoms in total. The molecule has 2 rings (SSSR count). The molecule has 1 aliphatic carbocycles. The highest BCUT2D eigenvalue weighted by Crippen LogP contribution is 2.24. The molecule has 1 aliphatic rings. The maximum Gasteiger partial charge on any atom is 0.220 e. The van der Waals surface area contributed by atoms with Crippen LogP contribution in [0.5, 0.6) is 0 Å². The van der Waals surface area contributed by atoms with Gasteiger partial charge in [-0.3, -0.25) is 9.59 Å². The molecule has 0 spiro atoms. The van der Waals surface area contributed by atoms with E-state index < -0.39 is 11.7 Å². The van der Waals surface area contributed by atoms with Gasteiger partial charge in [-0.05, 0) is 37.4 Å². The SMILES string of the molecule is CC(CC(=O)NC1CCCCC1CN)C(=O)c1cccc(F)c1. The lowest BCUT2D eigenvalue weighted by molar-refractivity contribution is -0.123. The number of nitrogens with two attached hydrogens (primary N) is 1. The Labute approximate surface area is 136 Å². The van der Waals surface area contributed by atoms with Crippen LogP contribution in [0.4, 0.5) is 4.39 Å². The van der Waals surface area contributed by atoms with Crippen LogP contribution in [-0.4, -0.2) is 24.3 Å². The van der Waals surface area contributed by atoms with E-state index >= 15 is 0 Å². The largest absolute Gasteiger partial charge is 0.353 e. The van der Waals surface area contributed by atoms with Crippen LogP contribution < -0.4 is 11.1 Å². The Balaban J connectivity index is 1.90. The van der Waals surface area contributed by atoms with Gasteiger partial charge in [-0.1, -0.05) is 31.9 Å². The van der Waals surface area contributed by atoms with Crippen molar-refractivity contribution in [2.75, 3.05) is 6.54 Å². The number of halogens is 1. The molecule has 1 aromatic rings. The van der Waals surface area contributed by atoms with Gasteiger partial charge in [0.05, 0.1) is 0 Å². The standard InChI is InChI=1S/C18H25FN2O2/c1-12(18(23)13-6-4-7-15(19)10-13)9-17(22)21-16-8-3-2-5-14(16)11-20/h4,6-7,10,12,14,16H,2-3,5,8-9,11,20H2,1H3,(H,21,22). The smallest absolute Gasteiger partial charge is 0.220 e. The highest BCUT2D eigenvalue weighted by molar-refractivity contribution is 5.99. The van der Waals surface area contributed by atoms with Crippen LogP contribution in [0.3, 0.4) is 0 Å². The van der Waals surface area contributed by atoms with Crippen molar-refractivity contribution in [3.63, 3.8) is 0 Å². The van der Waals surface area contributed by atoms with E-state index in [1.165, 1.54) is 18.2 Å². The number of carbonyl (C=O) groups is 2. The fraction of sp³-hybridized carbons (Fsp3) is 0.556. The van der Waals surface area contributed by atoms with E-state index in [4.69, 9.17) is 5.73 Å². The first-order chi connectivity index (χ1) is 11.0. The van der Waals surface area contributed by atoms with Crippen molar-refractivity contribution >= 4 is 11.7 Å². The minimum absolute atomic E-state index is 0.109. The average Bonchev–Trinajstić information content (AvgIpc) is 2.54. The number of benzene rings is 1. The highest BCUT2D eigenvalue weighted by atomic mass is 19.1. The summed E-state index contributed by atoms with van der Waals surface area (Å²) in [6.45, 7) is 2.27. The molecule has 3 atom stereocenters. The van der Waals surface area contributed by atoms with E-state index in [1.807, 2.05) is 0 Å². The van der Waals surface area contributed by atoms with Gasteiger partial charge in [0.1, 0.15) is 5.82 Å². The molecule has 0 aromatic heterocycles. The number of nitrogens with one attached hydrogen (secondary N) is 1. The Hall–Kier alpha value is -1.75. The molecule has 0 aliphatic heterocycles. The molecule has 0 bridgehead atoms. The summed E-state index contributed by atoms with van der Waals surface area (Å²) in [5.41, 5.74) is 6.08. The van der Waals surface area contributed by atoms with Gasteiger partial charge >= 0.3 is 0 Å². The van der Waals surface area contributed by atoms with Gasteiger partial charge in [-0.25, -0.2) is 4.39 Å². The monoisotopic (exact) mass is 320 g/mol. The van der Waals surface area contributed by atoms with Gasteiger partial charge in [0, 0.05) is 23.9 Å². The third-order valence-corrected chi connectivity index (χ3v) is 4.61. The summed E-state index contributed by atoms with van der Waals surface area (Å²) in [6.07, 6.45) is 4.35. The van der Waals surface area contributed by atoms with Crippen LogP contribution in [0.2, 0.25) is 0 Å². The van der Waals surface area contributed by atoms with E-state index in [-0.39, 0.29) is 24.2 Å². The summed E-state index contributed by atoms with van der Waals surface area (Å²) >= 11 is 0. The summed E-state index contributed by atoms with van der Waals surface area (Å²) in [5, 5.41) is 3.02. The van der Waals surface area contributed by atoms with Crippen molar-refractivity contribution in [1.29, 1.82) is 0 Å². The van der Waals surface area contributed by atoms with Crippen LogP contribution in [-0.2, 0) is 4.79 Å². The summed E-state index contributed by atoms with van der Waals surface area (Å²) in [6, 6.07) is 5.69. The summed E-state index contributed by atoms with van der Waals surface area (Å²) < 4.78 is 13.2. The Kier molecular flexibility index (Phi) is 6.28. The van der Waals surface area contributed by atoms with Crippen molar-refractivity contribution in [3.8, 4) is 0 Å². The molecule has 0 radical (unpaired) electrons. The van der Waals surface area contributed by atoms with E-state index in [2.05, 4.69) is 5.32 Å². The van der Waals surface area contributed by atoms with Crippen LogP contribution >= 0.6 is 0 Å². The number of hydrogen-bond donors (Lipinski definition) is 2. The lowest BCUT2D eigenvalue weighted by atomic mass is 9.84. The van der Waals surface area contributed by atoms with Crippen LogP contribution in [0.15, 0.2) is 24.3 Å². The molecule has 23 heavy (non-hydrogen) atoms. The Bertz CT molecular complexity index is 562. The molecule has 126 valence electrons. The minimum Gasteiger partial charge on any atom is -0.353 e. The van der Waals surface area contributed by atoms with Crippen molar-refractivity contribution < 1.29 is 14.0 Å². The third kappa shape index (κ3) is 4.86. The molecule has 0 heterocycles. The topological polar surface area (TPSA) is 72.2 Å². The lowest BCUT2D eigenvalue weighted by Crippen LogP contribution is -2.45. The zero-order chi connectivity index (χ0) is 16.8. The first-order valence-corrected chi connectivity index (χ1v) is 8.30. The molecule has 1 amide bonds. The maximum absolute atomic E-state index is 13.2. The second kappa shape index (κ2) is 8.20. The second-order valence-electron chi connectivity index (χ2n) is 6.43. The van der Waals surface area contributed by atoms with E-state index in [0.717, 1.165) is 25.7 Å². The number of ketones is 1. The number of rotatable bonds is 6. The first-order valence-electron chi connectivity index (χ1n) is 8.30. The molecule has 1 fully saturated rings. The summed E-state index contributed by atoms with van der Waals surface area (Å²) in [7, 11) is 0. The normalized spacial score (nSPS) is 22.4.